The fraction of sp³-hybridized carbons (Fsp3) is 0.167. The second kappa shape index (κ2) is 7.12. The highest BCUT2D eigenvalue weighted by atomic mass is 19.1. The van der Waals surface area contributed by atoms with Crippen LogP contribution in [-0.4, -0.2) is 27.7 Å². The predicted molar refractivity (Wildman–Crippen MR) is 91.5 cm³/mol. The number of nitrogens with two attached hydrogens (primary N) is 1. The molecular weight excluding hydrogens is 323 g/mol. The van der Waals surface area contributed by atoms with Gasteiger partial charge in [0.15, 0.2) is 5.82 Å². The third-order valence-corrected chi connectivity index (χ3v) is 3.55. The molecule has 3 aromatic rings. The summed E-state index contributed by atoms with van der Waals surface area (Å²) in [6.07, 6.45) is 0.851. The minimum Gasteiger partial charge on any atom is -0.493 e. The summed E-state index contributed by atoms with van der Waals surface area (Å²) < 4.78 is 19.4. The van der Waals surface area contributed by atoms with Crippen molar-refractivity contribution in [2.75, 3.05) is 6.61 Å². The highest BCUT2D eigenvalue weighted by molar-refractivity contribution is 5.89. The van der Waals surface area contributed by atoms with Crippen molar-refractivity contribution in [3.8, 4) is 28.3 Å². The smallest absolute Gasteiger partial charge is 0.286 e. The van der Waals surface area contributed by atoms with Crippen molar-refractivity contribution in [2.24, 2.45) is 5.73 Å². The molecule has 0 unspecified atom stereocenters. The lowest BCUT2D eigenvalue weighted by Gasteiger charge is -2.12. The Labute approximate surface area is 143 Å². The molecule has 0 spiro atoms. The zero-order valence-corrected chi connectivity index (χ0v) is 13.6. The molecule has 1 amide bonds. The maximum absolute atomic E-state index is 13.7. The number of nitrogens with zero attached hydrogens (tertiary/aromatic N) is 2. The molecule has 6 nitrogen and oxygen atoms in total. The Morgan fingerprint density at radius 1 is 1.24 bits per heavy atom. The number of nitrogens with one attached hydrogen (secondary N) is 1. The van der Waals surface area contributed by atoms with Crippen molar-refractivity contribution in [3.63, 3.8) is 0 Å². The number of carbonyl (C=O) groups is 1. The standard InChI is InChI=1S/C18H17FN4O2/c1-2-8-25-15-7-6-13(19)10-14(15)11-4-3-5-12(9-11)17-21-18(16(20)24)23-22-17/h3-7,9-10H,2,8H2,1H3,(H2,20,24)(H,21,22,23). The second-order valence-corrected chi connectivity index (χ2v) is 5.44. The van der Waals surface area contributed by atoms with E-state index in [4.69, 9.17) is 10.5 Å². The fourth-order valence-corrected chi connectivity index (χ4v) is 2.39. The number of halogens is 1. The molecule has 0 saturated carbocycles. The SMILES string of the molecule is CCCOc1ccc(F)cc1-c1cccc(-c2n[nH]c(C(N)=O)n2)c1. The van der Waals surface area contributed by atoms with Crippen molar-refractivity contribution in [3.05, 3.63) is 54.1 Å². The molecule has 0 saturated heterocycles. The maximum Gasteiger partial charge on any atom is 0.286 e. The van der Waals surface area contributed by atoms with Crippen LogP contribution in [-0.2, 0) is 0 Å². The van der Waals surface area contributed by atoms with Crippen molar-refractivity contribution >= 4 is 5.91 Å². The van der Waals surface area contributed by atoms with Crippen molar-refractivity contribution in [2.45, 2.75) is 13.3 Å². The number of primary amides is 1. The summed E-state index contributed by atoms with van der Waals surface area (Å²) in [6, 6.07) is 11.7. The third-order valence-electron chi connectivity index (χ3n) is 3.55. The van der Waals surface area contributed by atoms with Crippen LogP contribution in [0.4, 0.5) is 4.39 Å². The molecule has 0 aliphatic rings. The molecule has 1 heterocycles. The first-order valence-corrected chi connectivity index (χ1v) is 7.84. The summed E-state index contributed by atoms with van der Waals surface area (Å²) in [4.78, 5) is 15.2. The number of benzene rings is 2. The molecule has 0 atom stereocenters. The monoisotopic (exact) mass is 340 g/mol. The van der Waals surface area contributed by atoms with Gasteiger partial charge in [0.05, 0.1) is 6.61 Å². The van der Waals surface area contributed by atoms with Crippen molar-refractivity contribution in [1.29, 1.82) is 0 Å². The Kier molecular flexibility index (Phi) is 4.74. The molecule has 7 heteroatoms. The van der Waals surface area contributed by atoms with E-state index in [9.17, 15) is 9.18 Å². The number of aromatic amines is 1. The van der Waals surface area contributed by atoms with E-state index in [0.29, 0.717) is 29.3 Å². The van der Waals surface area contributed by atoms with Crippen LogP contribution in [0.1, 0.15) is 24.0 Å². The topological polar surface area (TPSA) is 93.9 Å². The Balaban J connectivity index is 2.01. The lowest BCUT2D eigenvalue weighted by atomic mass is 10.0. The van der Waals surface area contributed by atoms with Gasteiger partial charge in [-0.2, -0.15) is 5.10 Å². The van der Waals surface area contributed by atoms with E-state index < -0.39 is 5.91 Å². The van der Waals surface area contributed by atoms with Crippen LogP contribution in [0.15, 0.2) is 42.5 Å². The number of aromatic nitrogens is 3. The van der Waals surface area contributed by atoms with E-state index in [2.05, 4.69) is 15.2 Å². The van der Waals surface area contributed by atoms with Gasteiger partial charge >= 0.3 is 0 Å². The predicted octanol–water partition coefficient (Wildman–Crippen LogP) is 3.17. The van der Waals surface area contributed by atoms with E-state index in [1.165, 1.54) is 12.1 Å². The van der Waals surface area contributed by atoms with Gasteiger partial charge in [-0.3, -0.25) is 9.89 Å². The van der Waals surface area contributed by atoms with Gasteiger partial charge < -0.3 is 10.5 Å². The van der Waals surface area contributed by atoms with Gasteiger partial charge in [0, 0.05) is 11.1 Å². The van der Waals surface area contributed by atoms with Crippen LogP contribution in [0.25, 0.3) is 22.5 Å². The summed E-state index contributed by atoms with van der Waals surface area (Å²) in [5.41, 5.74) is 7.25. The van der Waals surface area contributed by atoms with Gasteiger partial charge in [-0.15, -0.1) is 0 Å². The summed E-state index contributed by atoms with van der Waals surface area (Å²) in [5, 5.41) is 6.48. The van der Waals surface area contributed by atoms with Gasteiger partial charge in [0.25, 0.3) is 5.91 Å². The summed E-state index contributed by atoms with van der Waals surface area (Å²) >= 11 is 0. The molecule has 0 aliphatic heterocycles. The zero-order chi connectivity index (χ0) is 17.8. The molecule has 3 N–H and O–H groups in total. The molecule has 0 bridgehead atoms. The number of H-pyrrole nitrogens is 1. The minimum absolute atomic E-state index is 0.0156. The first-order valence-electron chi connectivity index (χ1n) is 7.84. The molecule has 1 aromatic heterocycles. The fourth-order valence-electron chi connectivity index (χ4n) is 2.39. The molecule has 25 heavy (non-hydrogen) atoms. The highest BCUT2D eigenvalue weighted by Gasteiger charge is 2.13. The van der Waals surface area contributed by atoms with Gasteiger partial charge in [0.2, 0.25) is 5.82 Å². The van der Waals surface area contributed by atoms with Gasteiger partial charge in [-0.25, -0.2) is 9.37 Å². The molecular formula is C18H17FN4O2. The Hall–Kier alpha value is -3.22. The minimum atomic E-state index is -0.685. The number of carbonyl (C=O) groups excluding carboxylic acids is 1. The largest absolute Gasteiger partial charge is 0.493 e. The molecule has 0 aliphatic carbocycles. The quantitative estimate of drug-likeness (QED) is 0.721. The zero-order valence-electron chi connectivity index (χ0n) is 13.6. The Bertz CT molecular complexity index is 908. The lowest BCUT2D eigenvalue weighted by Crippen LogP contribution is -2.12. The molecule has 2 aromatic carbocycles. The average Bonchev–Trinajstić information content (AvgIpc) is 3.11. The Morgan fingerprint density at radius 3 is 2.76 bits per heavy atom. The maximum atomic E-state index is 13.7. The van der Waals surface area contributed by atoms with Gasteiger partial charge in [-0.1, -0.05) is 25.1 Å². The van der Waals surface area contributed by atoms with Crippen LogP contribution >= 0.6 is 0 Å². The number of ether oxygens (including phenoxy) is 1. The van der Waals surface area contributed by atoms with E-state index in [1.54, 1.807) is 18.2 Å². The van der Waals surface area contributed by atoms with Crippen LogP contribution in [0.3, 0.4) is 0 Å². The molecule has 0 fully saturated rings. The summed E-state index contributed by atoms with van der Waals surface area (Å²) in [6.45, 7) is 2.55. The molecule has 3 rings (SSSR count). The van der Waals surface area contributed by atoms with Crippen LogP contribution in [0.5, 0.6) is 5.75 Å². The first-order chi connectivity index (χ1) is 12.1. The third kappa shape index (κ3) is 3.65. The van der Waals surface area contributed by atoms with E-state index in [1.807, 2.05) is 19.1 Å². The second-order valence-electron chi connectivity index (χ2n) is 5.44. The highest BCUT2D eigenvalue weighted by Crippen LogP contribution is 2.33. The van der Waals surface area contributed by atoms with Gasteiger partial charge in [-0.05, 0) is 36.2 Å². The molecule has 128 valence electrons. The average molecular weight is 340 g/mol. The summed E-state index contributed by atoms with van der Waals surface area (Å²) in [5.74, 6) is -0.108. The van der Waals surface area contributed by atoms with Crippen LogP contribution < -0.4 is 10.5 Å². The first kappa shape index (κ1) is 16.6. The lowest BCUT2D eigenvalue weighted by molar-refractivity contribution is 0.0991. The Morgan fingerprint density at radius 2 is 2.04 bits per heavy atom. The van der Waals surface area contributed by atoms with Crippen molar-refractivity contribution < 1.29 is 13.9 Å². The number of amides is 1. The van der Waals surface area contributed by atoms with Crippen LogP contribution in [0, 0.1) is 5.82 Å². The number of hydrogen-bond acceptors (Lipinski definition) is 4. The number of rotatable bonds is 6. The van der Waals surface area contributed by atoms with E-state index in [0.717, 1.165) is 12.0 Å². The number of hydrogen-bond donors (Lipinski definition) is 2. The van der Waals surface area contributed by atoms with Gasteiger partial charge in [0.1, 0.15) is 11.6 Å². The van der Waals surface area contributed by atoms with Crippen molar-refractivity contribution in [1.82, 2.24) is 15.2 Å². The normalized spacial score (nSPS) is 10.6. The van der Waals surface area contributed by atoms with E-state index in [-0.39, 0.29) is 11.6 Å². The van der Waals surface area contributed by atoms with E-state index >= 15 is 0 Å². The van der Waals surface area contributed by atoms with Crippen LogP contribution in [0.2, 0.25) is 0 Å². The molecule has 0 radical (unpaired) electrons. The summed E-state index contributed by atoms with van der Waals surface area (Å²) in [7, 11) is 0.